The van der Waals surface area contributed by atoms with E-state index >= 15 is 4.39 Å². The molecule has 0 radical (unpaired) electrons. The molecular formula is C17H18FN2O7P. The maximum atomic E-state index is 15.6. The standard InChI is InChI=1S/C17H18FN2O7P/c1-17(18)14-12(26-15(17)20-8-7-13(21)19-16(20)22)10-25-28(23,27-14)24-9-11-5-3-2-4-6-11/h2-8,12,14-15H,9-10H2,1H3,(H,19,21,22)/t12-,14-,15-,17-,28+/m1/s1. The number of phosphoric ester groups is 1. The second-order valence-electron chi connectivity index (χ2n) is 6.72. The molecule has 0 amide bonds. The van der Waals surface area contributed by atoms with E-state index < -0.39 is 43.2 Å². The molecule has 4 rings (SSSR count). The summed E-state index contributed by atoms with van der Waals surface area (Å²) in [6.45, 7) is 0.903. The number of alkyl halides is 1. The molecule has 1 aromatic heterocycles. The number of ether oxygens (including phenoxy) is 1. The molecule has 0 aliphatic carbocycles. The van der Waals surface area contributed by atoms with Gasteiger partial charge in [-0.1, -0.05) is 30.3 Å². The zero-order chi connectivity index (χ0) is 19.9. The summed E-state index contributed by atoms with van der Waals surface area (Å²) in [5, 5.41) is 0. The Labute approximate surface area is 158 Å². The van der Waals surface area contributed by atoms with E-state index in [1.54, 1.807) is 24.3 Å². The third-order valence-corrected chi connectivity index (χ3v) is 6.05. The number of hydrogen-bond acceptors (Lipinski definition) is 7. The van der Waals surface area contributed by atoms with Crippen molar-refractivity contribution in [1.82, 2.24) is 9.55 Å². The number of phosphoric acid groups is 1. The molecule has 1 aromatic carbocycles. The first-order valence-corrected chi connectivity index (χ1v) is 10.0. The van der Waals surface area contributed by atoms with E-state index in [2.05, 4.69) is 0 Å². The first-order chi connectivity index (χ1) is 13.3. The lowest BCUT2D eigenvalue weighted by atomic mass is 9.98. The minimum absolute atomic E-state index is 0.0395. The number of halogens is 1. The van der Waals surface area contributed by atoms with Crippen LogP contribution >= 0.6 is 7.82 Å². The van der Waals surface area contributed by atoms with Crippen molar-refractivity contribution in [2.45, 2.75) is 37.6 Å². The maximum Gasteiger partial charge on any atom is 0.475 e. The van der Waals surface area contributed by atoms with Gasteiger partial charge in [-0.3, -0.25) is 27.9 Å². The molecule has 3 heterocycles. The van der Waals surface area contributed by atoms with Crippen LogP contribution in [0.3, 0.4) is 0 Å². The highest BCUT2D eigenvalue weighted by molar-refractivity contribution is 7.48. The highest BCUT2D eigenvalue weighted by Crippen LogP contribution is 2.59. The number of hydrogen-bond donors (Lipinski definition) is 1. The SMILES string of the molecule is C[C@@]1(F)[C@@H]2O[P@@](=O)(OCc3ccccc3)OC[C@H]2O[C@H]1n1ccc(=O)[nH]c1=O. The number of fused-ring (bicyclic) bond motifs is 1. The van der Waals surface area contributed by atoms with Crippen molar-refractivity contribution in [3.05, 3.63) is 69.0 Å². The molecule has 150 valence electrons. The van der Waals surface area contributed by atoms with Crippen LogP contribution in [0.4, 0.5) is 4.39 Å². The lowest BCUT2D eigenvalue weighted by Crippen LogP contribution is -2.46. The summed E-state index contributed by atoms with van der Waals surface area (Å²) >= 11 is 0. The zero-order valence-corrected chi connectivity index (χ0v) is 15.7. The van der Waals surface area contributed by atoms with E-state index in [0.29, 0.717) is 0 Å². The van der Waals surface area contributed by atoms with Crippen molar-refractivity contribution in [3.63, 3.8) is 0 Å². The van der Waals surface area contributed by atoms with Gasteiger partial charge >= 0.3 is 13.5 Å². The van der Waals surface area contributed by atoms with Gasteiger partial charge in [0.1, 0.15) is 12.2 Å². The molecule has 2 aromatic rings. The van der Waals surface area contributed by atoms with E-state index in [9.17, 15) is 14.2 Å². The fourth-order valence-electron chi connectivity index (χ4n) is 3.25. The van der Waals surface area contributed by atoms with Gasteiger partial charge in [-0.05, 0) is 12.5 Å². The summed E-state index contributed by atoms with van der Waals surface area (Å²) in [5.74, 6) is 0. The molecule has 0 saturated carbocycles. The summed E-state index contributed by atoms with van der Waals surface area (Å²) in [6, 6.07) is 10.0. The number of H-pyrrole nitrogens is 1. The molecule has 0 spiro atoms. The van der Waals surface area contributed by atoms with Crippen molar-refractivity contribution in [2.24, 2.45) is 0 Å². The van der Waals surface area contributed by atoms with E-state index in [4.69, 9.17) is 18.3 Å². The minimum atomic E-state index is -4.03. The maximum absolute atomic E-state index is 15.6. The van der Waals surface area contributed by atoms with Gasteiger partial charge in [-0.15, -0.1) is 0 Å². The molecule has 9 nitrogen and oxygen atoms in total. The van der Waals surface area contributed by atoms with Gasteiger partial charge in [0.15, 0.2) is 11.9 Å². The van der Waals surface area contributed by atoms with Crippen LogP contribution in [0, 0.1) is 0 Å². The molecule has 28 heavy (non-hydrogen) atoms. The van der Waals surface area contributed by atoms with Crippen LogP contribution in [0.15, 0.2) is 52.2 Å². The molecule has 11 heteroatoms. The summed E-state index contributed by atoms with van der Waals surface area (Å²) < 4.78 is 50.7. The monoisotopic (exact) mass is 412 g/mol. The van der Waals surface area contributed by atoms with Crippen molar-refractivity contribution in [3.8, 4) is 0 Å². The van der Waals surface area contributed by atoms with E-state index in [1.807, 2.05) is 11.1 Å². The highest BCUT2D eigenvalue weighted by Gasteiger charge is 2.61. The van der Waals surface area contributed by atoms with Crippen molar-refractivity contribution < 1.29 is 27.3 Å². The fraction of sp³-hybridized carbons (Fsp3) is 0.412. The third-order valence-electron chi connectivity index (χ3n) is 4.66. The number of nitrogens with one attached hydrogen (secondary N) is 1. The summed E-state index contributed by atoms with van der Waals surface area (Å²) in [7, 11) is -4.03. The first-order valence-electron chi connectivity index (χ1n) is 8.56. The van der Waals surface area contributed by atoms with Crippen LogP contribution in [0.2, 0.25) is 0 Å². The predicted octanol–water partition coefficient (Wildman–Crippen LogP) is 1.90. The Morgan fingerprint density at radius 1 is 1.32 bits per heavy atom. The van der Waals surface area contributed by atoms with Gasteiger partial charge in [0.2, 0.25) is 0 Å². The fourth-order valence-corrected chi connectivity index (χ4v) is 4.70. The van der Waals surface area contributed by atoms with Gasteiger partial charge in [0, 0.05) is 12.3 Å². The average molecular weight is 412 g/mol. The minimum Gasteiger partial charge on any atom is -0.346 e. The Morgan fingerprint density at radius 3 is 2.79 bits per heavy atom. The molecule has 2 fully saturated rings. The molecule has 5 atom stereocenters. The Bertz CT molecular complexity index is 1020. The van der Waals surface area contributed by atoms with Crippen molar-refractivity contribution in [2.75, 3.05) is 6.61 Å². The van der Waals surface area contributed by atoms with E-state index in [1.165, 1.54) is 6.92 Å². The zero-order valence-electron chi connectivity index (χ0n) is 14.8. The number of benzene rings is 1. The normalized spacial score (nSPS) is 34.9. The van der Waals surface area contributed by atoms with Gasteiger partial charge in [-0.2, -0.15) is 0 Å². The molecule has 0 bridgehead atoms. The number of aromatic amines is 1. The van der Waals surface area contributed by atoms with Crippen molar-refractivity contribution in [1.29, 1.82) is 0 Å². The average Bonchev–Trinajstić information content (AvgIpc) is 2.91. The second kappa shape index (κ2) is 7.06. The Morgan fingerprint density at radius 2 is 2.07 bits per heavy atom. The highest BCUT2D eigenvalue weighted by atomic mass is 31.2. The third kappa shape index (κ3) is 3.49. The lowest BCUT2D eigenvalue weighted by molar-refractivity contribution is -0.0732. The first kappa shape index (κ1) is 19.2. The van der Waals surface area contributed by atoms with E-state index in [-0.39, 0.29) is 13.2 Å². The lowest BCUT2D eigenvalue weighted by Gasteiger charge is -2.33. The summed E-state index contributed by atoms with van der Waals surface area (Å²) in [6.07, 6.45) is -2.45. The quantitative estimate of drug-likeness (QED) is 0.764. The molecule has 2 aliphatic heterocycles. The van der Waals surface area contributed by atoms with Crippen LogP contribution < -0.4 is 11.2 Å². The summed E-state index contributed by atoms with van der Waals surface area (Å²) in [5.41, 5.74) is -2.93. The molecule has 1 N–H and O–H groups in total. The Balaban J connectivity index is 1.54. The van der Waals surface area contributed by atoms with Crippen LogP contribution in [0.1, 0.15) is 18.7 Å². The topological polar surface area (TPSA) is 109 Å². The van der Waals surface area contributed by atoms with Gasteiger partial charge in [0.05, 0.1) is 13.2 Å². The molecule has 2 aliphatic rings. The van der Waals surface area contributed by atoms with Crippen molar-refractivity contribution >= 4 is 7.82 Å². The molecular weight excluding hydrogens is 394 g/mol. The largest absolute Gasteiger partial charge is 0.475 e. The van der Waals surface area contributed by atoms with Crippen LogP contribution in [0.25, 0.3) is 0 Å². The van der Waals surface area contributed by atoms with Crippen LogP contribution in [0.5, 0.6) is 0 Å². The van der Waals surface area contributed by atoms with Crippen LogP contribution in [-0.2, 0) is 29.5 Å². The van der Waals surface area contributed by atoms with E-state index in [0.717, 1.165) is 22.4 Å². The predicted molar refractivity (Wildman–Crippen MR) is 94.4 cm³/mol. The number of rotatable bonds is 4. The smallest absolute Gasteiger partial charge is 0.346 e. The van der Waals surface area contributed by atoms with Gasteiger partial charge in [-0.25, -0.2) is 13.8 Å². The molecule has 2 saturated heterocycles. The summed E-state index contributed by atoms with van der Waals surface area (Å²) in [4.78, 5) is 25.3. The van der Waals surface area contributed by atoms with Gasteiger partial charge in [0.25, 0.3) is 5.56 Å². The Hall–Kier alpha value is -2.10. The Kier molecular flexibility index (Phi) is 4.84. The number of aromatic nitrogens is 2. The van der Waals surface area contributed by atoms with Gasteiger partial charge < -0.3 is 4.74 Å². The molecule has 0 unspecified atom stereocenters. The number of nitrogens with zero attached hydrogens (tertiary/aromatic N) is 1. The second-order valence-corrected chi connectivity index (χ2v) is 8.35. The van der Waals surface area contributed by atoms with Crippen LogP contribution in [-0.4, -0.2) is 34.0 Å².